The van der Waals surface area contributed by atoms with Crippen molar-refractivity contribution < 1.29 is 4.79 Å². The molecule has 2 aromatic rings. The molecule has 0 unspecified atom stereocenters. The summed E-state index contributed by atoms with van der Waals surface area (Å²) in [7, 11) is 0. The van der Waals surface area contributed by atoms with E-state index >= 15 is 0 Å². The standard InChI is InChI=1S/C11H7BrOS/c12-10-4-2-1-3-8(10)9-5-6-14-11(9)7-13/h1-7H. The Morgan fingerprint density at radius 3 is 2.64 bits per heavy atom. The molecule has 14 heavy (non-hydrogen) atoms. The molecule has 70 valence electrons. The van der Waals surface area contributed by atoms with Gasteiger partial charge >= 0.3 is 0 Å². The van der Waals surface area contributed by atoms with Crippen molar-refractivity contribution >= 4 is 33.6 Å². The Morgan fingerprint density at radius 1 is 1.14 bits per heavy atom. The first-order valence-corrected chi connectivity index (χ1v) is 5.78. The third-order valence-corrected chi connectivity index (χ3v) is 3.50. The zero-order chi connectivity index (χ0) is 9.97. The van der Waals surface area contributed by atoms with Gasteiger partial charge in [-0.05, 0) is 23.1 Å². The van der Waals surface area contributed by atoms with Crippen LogP contribution in [0.25, 0.3) is 11.1 Å². The van der Waals surface area contributed by atoms with Gasteiger partial charge in [-0.25, -0.2) is 0 Å². The third kappa shape index (κ3) is 1.65. The van der Waals surface area contributed by atoms with Gasteiger partial charge in [-0.3, -0.25) is 4.79 Å². The van der Waals surface area contributed by atoms with E-state index in [0.29, 0.717) is 0 Å². The highest BCUT2D eigenvalue weighted by atomic mass is 79.9. The van der Waals surface area contributed by atoms with Crippen LogP contribution in [0.15, 0.2) is 40.2 Å². The zero-order valence-electron chi connectivity index (χ0n) is 7.24. The number of halogens is 1. The highest BCUT2D eigenvalue weighted by molar-refractivity contribution is 9.10. The maximum atomic E-state index is 10.8. The second-order valence-electron chi connectivity index (χ2n) is 2.80. The van der Waals surface area contributed by atoms with Gasteiger partial charge in [0.25, 0.3) is 0 Å². The SMILES string of the molecule is O=Cc1sccc1-c1ccccc1Br. The number of hydrogen-bond donors (Lipinski definition) is 0. The Bertz CT molecular complexity index is 462. The van der Waals surface area contributed by atoms with Crippen LogP contribution in [0.3, 0.4) is 0 Å². The van der Waals surface area contributed by atoms with E-state index in [1.807, 2.05) is 35.7 Å². The average molecular weight is 267 g/mol. The second kappa shape index (κ2) is 4.07. The van der Waals surface area contributed by atoms with E-state index in [2.05, 4.69) is 15.9 Å². The van der Waals surface area contributed by atoms with E-state index in [1.54, 1.807) is 0 Å². The van der Waals surface area contributed by atoms with Crippen molar-refractivity contribution in [1.29, 1.82) is 0 Å². The number of benzene rings is 1. The molecule has 0 spiro atoms. The molecule has 0 N–H and O–H groups in total. The molecule has 2 rings (SSSR count). The van der Waals surface area contributed by atoms with E-state index in [1.165, 1.54) is 11.3 Å². The molecule has 0 atom stereocenters. The van der Waals surface area contributed by atoms with Crippen molar-refractivity contribution in [1.82, 2.24) is 0 Å². The average Bonchev–Trinajstić information content (AvgIpc) is 2.66. The Balaban J connectivity index is 2.60. The first kappa shape index (κ1) is 9.62. The minimum atomic E-state index is 0.775. The van der Waals surface area contributed by atoms with Crippen LogP contribution in [0.4, 0.5) is 0 Å². The summed E-state index contributed by atoms with van der Waals surface area (Å²) in [5.74, 6) is 0. The minimum absolute atomic E-state index is 0.775. The van der Waals surface area contributed by atoms with Gasteiger partial charge in [0.05, 0.1) is 4.88 Å². The lowest BCUT2D eigenvalue weighted by Crippen LogP contribution is -1.81. The molecular weight excluding hydrogens is 260 g/mol. The fourth-order valence-corrected chi connectivity index (χ4v) is 2.52. The lowest BCUT2D eigenvalue weighted by molar-refractivity contribution is 0.112. The fraction of sp³-hybridized carbons (Fsp3) is 0. The van der Waals surface area contributed by atoms with E-state index in [0.717, 1.165) is 26.8 Å². The number of carbonyl (C=O) groups is 1. The molecule has 1 heterocycles. The molecule has 1 aromatic carbocycles. The molecule has 0 saturated heterocycles. The maximum Gasteiger partial charge on any atom is 0.160 e. The molecule has 0 aliphatic rings. The molecule has 0 saturated carbocycles. The van der Waals surface area contributed by atoms with E-state index in [4.69, 9.17) is 0 Å². The van der Waals surface area contributed by atoms with Crippen LogP contribution in [0.2, 0.25) is 0 Å². The van der Waals surface area contributed by atoms with Crippen LogP contribution in [0.5, 0.6) is 0 Å². The largest absolute Gasteiger partial charge is 0.297 e. The van der Waals surface area contributed by atoms with E-state index < -0.39 is 0 Å². The number of aldehydes is 1. The smallest absolute Gasteiger partial charge is 0.160 e. The van der Waals surface area contributed by atoms with Crippen molar-refractivity contribution in [2.75, 3.05) is 0 Å². The second-order valence-corrected chi connectivity index (χ2v) is 4.60. The summed E-state index contributed by atoms with van der Waals surface area (Å²) in [6.45, 7) is 0. The van der Waals surface area contributed by atoms with Gasteiger partial charge in [0.1, 0.15) is 0 Å². The van der Waals surface area contributed by atoms with Gasteiger partial charge < -0.3 is 0 Å². The van der Waals surface area contributed by atoms with Crippen LogP contribution in [0, 0.1) is 0 Å². The van der Waals surface area contributed by atoms with Crippen LogP contribution in [-0.2, 0) is 0 Å². The molecule has 3 heteroatoms. The Hall–Kier alpha value is -0.930. The van der Waals surface area contributed by atoms with Crippen molar-refractivity contribution in [2.45, 2.75) is 0 Å². The molecule has 0 radical (unpaired) electrons. The summed E-state index contributed by atoms with van der Waals surface area (Å²) >= 11 is 4.93. The number of thiophene rings is 1. The monoisotopic (exact) mass is 266 g/mol. The Kier molecular flexibility index (Phi) is 2.79. The van der Waals surface area contributed by atoms with Gasteiger partial charge in [-0.2, -0.15) is 0 Å². The third-order valence-electron chi connectivity index (χ3n) is 1.97. The summed E-state index contributed by atoms with van der Waals surface area (Å²) in [4.78, 5) is 11.5. The first-order valence-electron chi connectivity index (χ1n) is 4.10. The number of carbonyl (C=O) groups excluding carboxylic acids is 1. The normalized spacial score (nSPS) is 10.1. The number of hydrogen-bond acceptors (Lipinski definition) is 2. The molecule has 0 bridgehead atoms. The summed E-state index contributed by atoms with van der Waals surface area (Å²) in [5, 5.41) is 1.93. The molecule has 1 aromatic heterocycles. The molecule has 1 nitrogen and oxygen atoms in total. The lowest BCUT2D eigenvalue weighted by atomic mass is 10.1. The summed E-state index contributed by atoms with van der Waals surface area (Å²) < 4.78 is 1.02. The van der Waals surface area contributed by atoms with Crippen LogP contribution in [-0.4, -0.2) is 6.29 Å². The predicted molar refractivity (Wildman–Crippen MR) is 62.8 cm³/mol. The minimum Gasteiger partial charge on any atom is -0.297 e. The quantitative estimate of drug-likeness (QED) is 0.752. The highest BCUT2D eigenvalue weighted by Crippen LogP contribution is 2.32. The summed E-state index contributed by atoms with van der Waals surface area (Å²) in [6.07, 6.45) is 0.902. The van der Waals surface area contributed by atoms with Crippen LogP contribution >= 0.6 is 27.3 Å². The maximum absolute atomic E-state index is 10.8. The molecular formula is C11H7BrOS. The van der Waals surface area contributed by atoms with Crippen molar-refractivity contribution in [3.05, 3.63) is 45.1 Å². The first-order chi connectivity index (χ1) is 6.83. The van der Waals surface area contributed by atoms with Gasteiger partial charge in [-0.15, -0.1) is 11.3 Å². The highest BCUT2D eigenvalue weighted by Gasteiger charge is 2.07. The van der Waals surface area contributed by atoms with E-state index in [-0.39, 0.29) is 0 Å². The fourth-order valence-electron chi connectivity index (χ4n) is 1.31. The molecule has 0 amide bonds. The van der Waals surface area contributed by atoms with Crippen molar-refractivity contribution in [2.24, 2.45) is 0 Å². The lowest BCUT2D eigenvalue weighted by Gasteiger charge is -2.01. The Labute approximate surface area is 94.5 Å². The Morgan fingerprint density at radius 2 is 1.93 bits per heavy atom. The van der Waals surface area contributed by atoms with Crippen molar-refractivity contribution in [3.8, 4) is 11.1 Å². The van der Waals surface area contributed by atoms with E-state index in [9.17, 15) is 4.79 Å². The topological polar surface area (TPSA) is 17.1 Å². The van der Waals surface area contributed by atoms with Crippen LogP contribution in [0.1, 0.15) is 9.67 Å². The van der Waals surface area contributed by atoms with Gasteiger partial charge in [0, 0.05) is 10.0 Å². The zero-order valence-corrected chi connectivity index (χ0v) is 9.64. The number of rotatable bonds is 2. The predicted octanol–water partition coefficient (Wildman–Crippen LogP) is 3.99. The van der Waals surface area contributed by atoms with Gasteiger partial charge in [0.15, 0.2) is 6.29 Å². The summed E-state index contributed by atoms with van der Waals surface area (Å²) in [5.41, 5.74) is 2.06. The summed E-state index contributed by atoms with van der Waals surface area (Å²) in [6, 6.07) is 9.86. The van der Waals surface area contributed by atoms with Crippen LogP contribution < -0.4 is 0 Å². The van der Waals surface area contributed by atoms with Gasteiger partial charge in [-0.1, -0.05) is 34.1 Å². The van der Waals surface area contributed by atoms with Crippen molar-refractivity contribution in [3.63, 3.8) is 0 Å². The molecule has 0 fully saturated rings. The van der Waals surface area contributed by atoms with Gasteiger partial charge in [0.2, 0.25) is 0 Å². The molecule has 0 aliphatic carbocycles. The molecule has 0 aliphatic heterocycles.